The Labute approximate surface area is 86.1 Å². The maximum Gasteiger partial charge on any atom is 0.240 e. The van der Waals surface area contributed by atoms with Crippen LogP contribution in [0.15, 0.2) is 23.3 Å². The summed E-state index contributed by atoms with van der Waals surface area (Å²) in [6, 6.07) is 4.65. The number of carbonyl (C=O) groups excluding carboxylic acids is 1. The van der Waals surface area contributed by atoms with E-state index in [1.807, 2.05) is 0 Å². The molecule has 0 radical (unpaired) electrons. The highest BCUT2D eigenvalue weighted by atomic mass is 16.3. The summed E-state index contributed by atoms with van der Waals surface area (Å²) < 4.78 is 0. The average Bonchev–Trinajstić information content (AvgIpc) is 2.24. The quantitative estimate of drug-likeness (QED) is 0.592. The number of aromatic hydroxyl groups is 2. The van der Waals surface area contributed by atoms with Gasteiger partial charge in [0.1, 0.15) is 0 Å². The Bertz CT molecular complexity index is 440. The molecule has 0 saturated heterocycles. The lowest BCUT2D eigenvalue weighted by molar-refractivity contribution is -0.121. The van der Waals surface area contributed by atoms with E-state index in [1.54, 1.807) is 12.1 Å². The van der Waals surface area contributed by atoms with Crippen LogP contribution in [0.25, 0.3) is 0 Å². The van der Waals surface area contributed by atoms with Gasteiger partial charge in [0.25, 0.3) is 0 Å². The number of amides is 1. The van der Waals surface area contributed by atoms with Gasteiger partial charge in [-0.05, 0) is 12.1 Å². The molecule has 1 aliphatic heterocycles. The third-order valence-corrected chi connectivity index (χ3v) is 2.23. The lowest BCUT2D eigenvalue weighted by atomic mass is 10.0. The zero-order chi connectivity index (χ0) is 10.8. The van der Waals surface area contributed by atoms with E-state index in [1.165, 1.54) is 6.07 Å². The van der Waals surface area contributed by atoms with Crippen LogP contribution in [0.4, 0.5) is 0 Å². The number of para-hydroxylation sites is 1. The molecular formula is C10H10N2O3. The predicted molar refractivity (Wildman–Crippen MR) is 53.7 cm³/mol. The number of hydrogen-bond acceptors (Lipinski definition) is 4. The molecule has 0 saturated carbocycles. The number of phenols is 2. The third-order valence-electron chi connectivity index (χ3n) is 2.23. The maximum atomic E-state index is 10.9. The number of benzene rings is 1. The zero-order valence-corrected chi connectivity index (χ0v) is 7.90. The molecule has 1 heterocycles. The van der Waals surface area contributed by atoms with Crippen LogP contribution < -0.4 is 5.43 Å². The Balaban J connectivity index is 2.38. The van der Waals surface area contributed by atoms with Gasteiger partial charge in [-0.1, -0.05) is 6.07 Å². The normalized spacial score (nSPS) is 15.7. The average molecular weight is 206 g/mol. The zero-order valence-electron chi connectivity index (χ0n) is 7.90. The lowest BCUT2D eigenvalue weighted by Crippen LogP contribution is -2.25. The molecule has 0 spiro atoms. The van der Waals surface area contributed by atoms with Crippen molar-refractivity contribution >= 4 is 11.6 Å². The van der Waals surface area contributed by atoms with Crippen LogP contribution in [0.1, 0.15) is 18.4 Å². The van der Waals surface area contributed by atoms with Crippen molar-refractivity contribution in [2.24, 2.45) is 5.10 Å². The summed E-state index contributed by atoms with van der Waals surface area (Å²) in [7, 11) is 0. The number of rotatable bonds is 1. The molecular weight excluding hydrogens is 196 g/mol. The molecule has 1 aliphatic rings. The van der Waals surface area contributed by atoms with Crippen LogP contribution in [-0.4, -0.2) is 21.8 Å². The van der Waals surface area contributed by atoms with E-state index in [2.05, 4.69) is 10.5 Å². The first kappa shape index (κ1) is 9.51. The van der Waals surface area contributed by atoms with Crippen LogP contribution >= 0.6 is 0 Å². The van der Waals surface area contributed by atoms with Crippen LogP contribution in [0.5, 0.6) is 11.5 Å². The van der Waals surface area contributed by atoms with E-state index >= 15 is 0 Å². The number of nitrogens with zero attached hydrogens (tertiary/aromatic N) is 1. The van der Waals surface area contributed by atoms with E-state index in [-0.39, 0.29) is 17.4 Å². The number of nitrogens with one attached hydrogen (secondary N) is 1. The Morgan fingerprint density at radius 3 is 2.73 bits per heavy atom. The van der Waals surface area contributed by atoms with Crippen LogP contribution in [0.2, 0.25) is 0 Å². The predicted octanol–water partition coefficient (Wildman–Crippen LogP) is 0.712. The summed E-state index contributed by atoms with van der Waals surface area (Å²) in [6.45, 7) is 0. The lowest BCUT2D eigenvalue weighted by Gasteiger charge is -2.13. The van der Waals surface area contributed by atoms with Gasteiger partial charge in [0.2, 0.25) is 5.91 Å². The molecule has 2 rings (SSSR count). The molecule has 5 nitrogen and oxygen atoms in total. The van der Waals surface area contributed by atoms with Crippen molar-refractivity contribution in [1.29, 1.82) is 0 Å². The van der Waals surface area contributed by atoms with E-state index in [9.17, 15) is 15.0 Å². The van der Waals surface area contributed by atoms with E-state index in [0.29, 0.717) is 24.1 Å². The molecule has 1 aromatic carbocycles. The highest BCUT2D eigenvalue weighted by Gasteiger charge is 2.17. The van der Waals surface area contributed by atoms with Gasteiger partial charge in [0.05, 0.1) is 5.71 Å². The standard InChI is InChI=1S/C10H10N2O3/c13-8-3-1-2-6(10(8)15)7-4-5-9(14)12-11-7/h1-3,13,15H,4-5H2,(H,12,14). The van der Waals surface area contributed by atoms with Gasteiger partial charge in [-0.3, -0.25) is 4.79 Å². The molecule has 0 atom stereocenters. The molecule has 1 aromatic rings. The fourth-order valence-electron chi connectivity index (χ4n) is 1.43. The molecule has 0 unspecified atom stereocenters. The molecule has 15 heavy (non-hydrogen) atoms. The van der Waals surface area contributed by atoms with Gasteiger partial charge in [-0.25, -0.2) is 5.43 Å². The molecule has 0 fully saturated rings. The Kier molecular flexibility index (Phi) is 2.29. The number of carbonyl (C=O) groups is 1. The number of phenolic OH excluding ortho intramolecular Hbond substituents is 2. The molecule has 5 heteroatoms. The molecule has 0 aromatic heterocycles. The van der Waals surface area contributed by atoms with Crippen molar-refractivity contribution in [3.8, 4) is 11.5 Å². The Morgan fingerprint density at radius 1 is 1.27 bits per heavy atom. The smallest absolute Gasteiger partial charge is 0.240 e. The molecule has 1 amide bonds. The first-order valence-electron chi connectivity index (χ1n) is 4.55. The first-order chi connectivity index (χ1) is 7.18. The van der Waals surface area contributed by atoms with Crippen molar-refractivity contribution < 1.29 is 15.0 Å². The van der Waals surface area contributed by atoms with Crippen LogP contribution in [0, 0.1) is 0 Å². The third kappa shape index (κ3) is 1.76. The second-order valence-corrected chi connectivity index (χ2v) is 3.27. The van der Waals surface area contributed by atoms with Crippen molar-refractivity contribution in [2.75, 3.05) is 0 Å². The fourth-order valence-corrected chi connectivity index (χ4v) is 1.43. The van der Waals surface area contributed by atoms with Gasteiger partial charge in [0, 0.05) is 18.4 Å². The van der Waals surface area contributed by atoms with Crippen molar-refractivity contribution in [2.45, 2.75) is 12.8 Å². The number of hydrogen-bond donors (Lipinski definition) is 3. The van der Waals surface area contributed by atoms with Crippen molar-refractivity contribution in [3.05, 3.63) is 23.8 Å². The summed E-state index contributed by atoms with van der Waals surface area (Å²) in [4.78, 5) is 10.9. The summed E-state index contributed by atoms with van der Waals surface area (Å²) in [5.74, 6) is -0.530. The molecule has 78 valence electrons. The fraction of sp³-hybridized carbons (Fsp3) is 0.200. The minimum atomic E-state index is -0.201. The SMILES string of the molecule is O=C1CCC(c2cccc(O)c2O)=NN1. The minimum absolute atomic E-state index is 0.140. The Morgan fingerprint density at radius 2 is 2.07 bits per heavy atom. The van der Waals surface area contributed by atoms with Gasteiger partial charge >= 0.3 is 0 Å². The largest absolute Gasteiger partial charge is 0.504 e. The van der Waals surface area contributed by atoms with Gasteiger partial charge in [-0.15, -0.1) is 0 Å². The summed E-state index contributed by atoms with van der Waals surface area (Å²) in [6.07, 6.45) is 0.802. The highest BCUT2D eigenvalue weighted by Crippen LogP contribution is 2.29. The molecule has 3 N–H and O–H groups in total. The van der Waals surface area contributed by atoms with Crippen LogP contribution in [-0.2, 0) is 4.79 Å². The van der Waals surface area contributed by atoms with Gasteiger partial charge in [0.15, 0.2) is 11.5 Å². The van der Waals surface area contributed by atoms with Gasteiger partial charge in [-0.2, -0.15) is 5.10 Å². The van der Waals surface area contributed by atoms with Crippen molar-refractivity contribution in [1.82, 2.24) is 5.43 Å². The topological polar surface area (TPSA) is 81.9 Å². The second-order valence-electron chi connectivity index (χ2n) is 3.27. The van der Waals surface area contributed by atoms with E-state index in [4.69, 9.17) is 0 Å². The summed E-state index contributed by atoms with van der Waals surface area (Å²) >= 11 is 0. The maximum absolute atomic E-state index is 10.9. The monoisotopic (exact) mass is 206 g/mol. The van der Waals surface area contributed by atoms with E-state index in [0.717, 1.165) is 0 Å². The number of hydrazone groups is 1. The highest BCUT2D eigenvalue weighted by molar-refractivity contribution is 6.06. The van der Waals surface area contributed by atoms with E-state index < -0.39 is 0 Å². The van der Waals surface area contributed by atoms with Crippen LogP contribution in [0.3, 0.4) is 0 Å². The second kappa shape index (κ2) is 3.61. The molecule has 0 aliphatic carbocycles. The molecule has 0 bridgehead atoms. The first-order valence-corrected chi connectivity index (χ1v) is 4.55. The Hall–Kier alpha value is -2.04. The minimum Gasteiger partial charge on any atom is -0.504 e. The van der Waals surface area contributed by atoms with Gasteiger partial charge < -0.3 is 10.2 Å². The van der Waals surface area contributed by atoms with Crippen molar-refractivity contribution in [3.63, 3.8) is 0 Å². The summed E-state index contributed by atoms with van der Waals surface area (Å²) in [5, 5.41) is 22.7. The summed E-state index contributed by atoms with van der Waals surface area (Å²) in [5.41, 5.74) is 3.36.